The van der Waals surface area contributed by atoms with Crippen molar-refractivity contribution in [3.8, 4) is 5.75 Å². The molecule has 4 heteroatoms. The highest BCUT2D eigenvalue weighted by Gasteiger charge is 2.23. The van der Waals surface area contributed by atoms with Crippen molar-refractivity contribution in [1.29, 1.82) is 0 Å². The molecule has 0 aliphatic carbocycles. The zero-order valence-corrected chi connectivity index (χ0v) is 9.25. The lowest BCUT2D eigenvalue weighted by atomic mass is 10.2. The molecule has 1 fully saturated rings. The average Bonchev–Trinajstić information content (AvgIpc) is 2.65. The van der Waals surface area contributed by atoms with Crippen LogP contribution >= 0.6 is 11.6 Å². The van der Waals surface area contributed by atoms with Gasteiger partial charge in [0.2, 0.25) is 5.91 Å². The lowest BCUT2D eigenvalue weighted by molar-refractivity contribution is -0.117. The molecule has 1 saturated heterocycles. The van der Waals surface area contributed by atoms with Crippen molar-refractivity contribution < 1.29 is 9.53 Å². The molecule has 0 spiro atoms. The van der Waals surface area contributed by atoms with Gasteiger partial charge < -0.3 is 9.64 Å². The molecule has 80 valence electrons. The van der Waals surface area contributed by atoms with E-state index in [0.29, 0.717) is 17.2 Å². The highest BCUT2D eigenvalue weighted by molar-refractivity contribution is 6.34. The number of carbonyl (C=O) groups is 1. The second-order valence-electron chi connectivity index (χ2n) is 3.47. The van der Waals surface area contributed by atoms with Crippen molar-refractivity contribution in [2.45, 2.75) is 12.8 Å². The molecular weight excluding hydrogens is 214 g/mol. The van der Waals surface area contributed by atoms with Crippen LogP contribution in [0.5, 0.6) is 5.75 Å². The smallest absolute Gasteiger partial charge is 0.227 e. The molecule has 1 aliphatic heterocycles. The normalized spacial score (nSPS) is 15.9. The molecule has 0 radical (unpaired) electrons. The van der Waals surface area contributed by atoms with Crippen LogP contribution in [0.4, 0.5) is 5.69 Å². The van der Waals surface area contributed by atoms with Gasteiger partial charge >= 0.3 is 0 Å². The molecule has 1 aromatic carbocycles. The Bertz CT molecular complexity index is 392. The third-order valence-electron chi connectivity index (χ3n) is 2.52. The maximum Gasteiger partial charge on any atom is 0.227 e. The van der Waals surface area contributed by atoms with Gasteiger partial charge in [-0.2, -0.15) is 0 Å². The lowest BCUT2D eigenvalue weighted by Crippen LogP contribution is -2.23. The van der Waals surface area contributed by atoms with Crippen molar-refractivity contribution >= 4 is 23.2 Å². The predicted octanol–water partition coefficient (Wildman–Crippen LogP) is 2.48. The Balaban J connectivity index is 2.37. The summed E-state index contributed by atoms with van der Waals surface area (Å²) in [5.41, 5.74) is 0.749. The number of methoxy groups -OCH3 is 1. The molecule has 0 bridgehead atoms. The summed E-state index contributed by atoms with van der Waals surface area (Å²) in [6.07, 6.45) is 1.50. The molecule has 1 amide bonds. The molecular formula is C11H12ClNO2. The topological polar surface area (TPSA) is 29.5 Å². The first kappa shape index (κ1) is 10.3. The van der Waals surface area contributed by atoms with Crippen molar-refractivity contribution in [3.05, 3.63) is 23.2 Å². The number of nitrogens with zero attached hydrogens (tertiary/aromatic N) is 1. The summed E-state index contributed by atoms with van der Waals surface area (Å²) in [5.74, 6) is 0.847. The van der Waals surface area contributed by atoms with E-state index in [1.165, 1.54) is 0 Å². The van der Waals surface area contributed by atoms with Crippen LogP contribution in [0.3, 0.4) is 0 Å². The number of ether oxygens (including phenoxy) is 1. The standard InChI is InChI=1S/C11H12ClNO2/c1-15-8-4-5-9(12)10(7-8)13-6-2-3-11(13)14/h4-5,7H,2-3,6H2,1H3. The zero-order valence-electron chi connectivity index (χ0n) is 8.50. The van der Waals surface area contributed by atoms with Gasteiger partial charge in [-0.3, -0.25) is 4.79 Å². The van der Waals surface area contributed by atoms with Crippen LogP contribution in [0.25, 0.3) is 0 Å². The maximum absolute atomic E-state index is 11.6. The SMILES string of the molecule is COc1ccc(Cl)c(N2CCCC2=O)c1. The number of hydrogen-bond donors (Lipinski definition) is 0. The summed E-state index contributed by atoms with van der Waals surface area (Å²) in [6, 6.07) is 5.33. The molecule has 0 aromatic heterocycles. The maximum atomic E-state index is 11.6. The van der Waals surface area contributed by atoms with E-state index in [2.05, 4.69) is 0 Å². The molecule has 1 aliphatic rings. The minimum atomic E-state index is 0.130. The summed E-state index contributed by atoms with van der Waals surface area (Å²) in [6.45, 7) is 0.742. The Kier molecular flexibility index (Phi) is 2.82. The fourth-order valence-electron chi connectivity index (χ4n) is 1.73. The number of hydrogen-bond acceptors (Lipinski definition) is 2. The Hall–Kier alpha value is -1.22. The first-order chi connectivity index (χ1) is 7.22. The lowest BCUT2D eigenvalue weighted by Gasteiger charge is -2.17. The Morgan fingerprint density at radius 1 is 1.47 bits per heavy atom. The van der Waals surface area contributed by atoms with E-state index in [9.17, 15) is 4.79 Å². The van der Waals surface area contributed by atoms with Gasteiger partial charge in [0.1, 0.15) is 5.75 Å². The van der Waals surface area contributed by atoms with Crippen LogP contribution in [0.15, 0.2) is 18.2 Å². The van der Waals surface area contributed by atoms with E-state index >= 15 is 0 Å². The van der Waals surface area contributed by atoms with Gasteiger partial charge in [0.15, 0.2) is 0 Å². The molecule has 0 N–H and O–H groups in total. The van der Waals surface area contributed by atoms with E-state index in [1.54, 1.807) is 30.2 Å². The van der Waals surface area contributed by atoms with Gasteiger partial charge in [-0.25, -0.2) is 0 Å². The molecule has 2 rings (SSSR count). The zero-order chi connectivity index (χ0) is 10.8. The number of rotatable bonds is 2. The number of anilines is 1. The molecule has 3 nitrogen and oxygen atoms in total. The highest BCUT2D eigenvalue weighted by atomic mass is 35.5. The number of amides is 1. The fraction of sp³-hybridized carbons (Fsp3) is 0.364. The first-order valence-corrected chi connectivity index (χ1v) is 5.24. The number of carbonyl (C=O) groups excluding carboxylic acids is 1. The second-order valence-corrected chi connectivity index (χ2v) is 3.87. The molecule has 1 heterocycles. The quantitative estimate of drug-likeness (QED) is 0.774. The van der Waals surface area contributed by atoms with Crippen molar-refractivity contribution in [1.82, 2.24) is 0 Å². The van der Waals surface area contributed by atoms with E-state index in [1.807, 2.05) is 0 Å². The summed E-state index contributed by atoms with van der Waals surface area (Å²) < 4.78 is 5.11. The molecule has 1 aromatic rings. The van der Waals surface area contributed by atoms with E-state index < -0.39 is 0 Å². The third kappa shape index (κ3) is 1.92. The fourth-order valence-corrected chi connectivity index (χ4v) is 1.95. The van der Waals surface area contributed by atoms with E-state index in [-0.39, 0.29) is 5.91 Å². The van der Waals surface area contributed by atoms with Crippen LogP contribution in [-0.4, -0.2) is 19.6 Å². The van der Waals surface area contributed by atoms with Crippen molar-refractivity contribution in [3.63, 3.8) is 0 Å². The van der Waals surface area contributed by atoms with Gasteiger partial charge in [-0.05, 0) is 18.6 Å². The largest absolute Gasteiger partial charge is 0.497 e. The van der Waals surface area contributed by atoms with E-state index in [0.717, 1.165) is 18.7 Å². The van der Waals surface area contributed by atoms with Gasteiger partial charge in [-0.15, -0.1) is 0 Å². The monoisotopic (exact) mass is 225 g/mol. The third-order valence-corrected chi connectivity index (χ3v) is 2.84. The van der Waals surface area contributed by atoms with Gasteiger partial charge in [-0.1, -0.05) is 11.6 Å². The molecule has 0 saturated carbocycles. The molecule has 0 atom stereocenters. The van der Waals surface area contributed by atoms with Gasteiger partial charge in [0.25, 0.3) is 0 Å². The van der Waals surface area contributed by atoms with Crippen LogP contribution in [0.2, 0.25) is 5.02 Å². The summed E-state index contributed by atoms with van der Waals surface area (Å²) in [5, 5.41) is 0.589. The van der Waals surface area contributed by atoms with Crippen LogP contribution in [-0.2, 0) is 4.79 Å². The molecule has 0 unspecified atom stereocenters. The highest BCUT2D eigenvalue weighted by Crippen LogP contribution is 2.32. The summed E-state index contributed by atoms with van der Waals surface area (Å²) in [7, 11) is 1.60. The Labute approximate surface area is 93.6 Å². The minimum absolute atomic E-state index is 0.130. The van der Waals surface area contributed by atoms with Crippen molar-refractivity contribution in [2.24, 2.45) is 0 Å². The predicted molar refractivity (Wildman–Crippen MR) is 59.6 cm³/mol. The van der Waals surface area contributed by atoms with Crippen LogP contribution < -0.4 is 9.64 Å². The number of benzene rings is 1. The summed E-state index contributed by atoms with van der Waals surface area (Å²) in [4.78, 5) is 13.3. The van der Waals surface area contributed by atoms with Crippen LogP contribution in [0.1, 0.15) is 12.8 Å². The first-order valence-electron chi connectivity index (χ1n) is 4.86. The van der Waals surface area contributed by atoms with Crippen molar-refractivity contribution in [2.75, 3.05) is 18.6 Å². The molecule has 15 heavy (non-hydrogen) atoms. The second kappa shape index (κ2) is 4.11. The Morgan fingerprint density at radius 3 is 2.87 bits per heavy atom. The van der Waals surface area contributed by atoms with E-state index in [4.69, 9.17) is 16.3 Å². The average molecular weight is 226 g/mol. The van der Waals surface area contributed by atoms with Gasteiger partial charge in [0, 0.05) is 19.0 Å². The number of halogens is 1. The van der Waals surface area contributed by atoms with Crippen LogP contribution in [0, 0.1) is 0 Å². The Morgan fingerprint density at radius 2 is 2.27 bits per heavy atom. The minimum Gasteiger partial charge on any atom is -0.497 e. The van der Waals surface area contributed by atoms with Gasteiger partial charge in [0.05, 0.1) is 17.8 Å². The summed E-state index contributed by atoms with van der Waals surface area (Å²) >= 11 is 6.05.